The van der Waals surface area contributed by atoms with Crippen LogP contribution in [0.1, 0.15) is 27.8 Å². The Morgan fingerprint density at radius 2 is 1.92 bits per heavy atom. The number of ether oxygens (including phenoxy) is 1. The van der Waals surface area contributed by atoms with Gasteiger partial charge in [0.05, 0.1) is 13.2 Å². The first-order valence-electron chi connectivity index (χ1n) is 11.3. The van der Waals surface area contributed by atoms with Crippen LogP contribution in [-0.2, 0) is 27.6 Å². The van der Waals surface area contributed by atoms with Gasteiger partial charge in [-0.2, -0.15) is 5.48 Å². The summed E-state index contributed by atoms with van der Waals surface area (Å²) in [7, 11) is 3.37. The number of hydrogen-bond acceptors (Lipinski definition) is 7. The molecule has 4 rings (SSSR count). The molecule has 0 aliphatic carbocycles. The highest BCUT2D eigenvalue weighted by atomic mass is 19.1. The third kappa shape index (κ3) is 5.94. The number of aryl methyl sites for hydroxylation is 1. The predicted octanol–water partition coefficient (Wildman–Crippen LogP) is 4.11. The van der Waals surface area contributed by atoms with Gasteiger partial charge in [-0.25, -0.2) is 9.38 Å². The van der Waals surface area contributed by atoms with Gasteiger partial charge in [0.25, 0.3) is 0 Å². The number of methoxy groups -OCH3 is 1. The molecule has 9 heteroatoms. The number of benzene rings is 3. The van der Waals surface area contributed by atoms with Crippen molar-refractivity contribution in [3.05, 3.63) is 94.3 Å². The minimum Gasteiger partial charge on any atom is -0.480 e. The summed E-state index contributed by atoms with van der Waals surface area (Å²) in [6.45, 7) is 2.65. The monoisotopic (exact) mass is 490 g/mol. The average Bonchev–Trinajstić information content (AvgIpc) is 2.84. The fourth-order valence-corrected chi connectivity index (χ4v) is 4.11. The Morgan fingerprint density at radius 1 is 1.11 bits per heavy atom. The summed E-state index contributed by atoms with van der Waals surface area (Å²) in [6, 6.07) is 18.1. The molecule has 0 radical (unpaired) electrons. The van der Waals surface area contributed by atoms with E-state index in [2.05, 4.69) is 15.6 Å². The summed E-state index contributed by atoms with van der Waals surface area (Å²) >= 11 is 0. The second-order valence-electron chi connectivity index (χ2n) is 8.60. The van der Waals surface area contributed by atoms with Crippen LogP contribution in [0.4, 0.5) is 4.39 Å². The van der Waals surface area contributed by atoms with E-state index in [0.29, 0.717) is 24.8 Å². The van der Waals surface area contributed by atoms with Crippen molar-refractivity contribution in [3.8, 4) is 11.1 Å². The van der Waals surface area contributed by atoms with Crippen molar-refractivity contribution in [3.63, 3.8) is 0 Å². The van der Waals surface area contributed by atoms with Gasteiger partial charge in [0.1, 0.15) is 5.82 Å². The number of nitrogens with one attached hydrogen (secondary N) is 1. The molecule has 0 spiro atoms. The zero-order valence-corrected chi connectivity index (χ0v) is 20.3. The van der Waals surface area contributed by atoms with Crippen molar-refractivity contribution in [1.29, 1.82) is 0 Å². The third-order valence-electron chi connectivity index (χ3n) is 5.69. The highest BCUT2D eigenvalue weighted by Gasteiger charge is 2.17. The Bertz CT molecular complexity index is 1340. The van der Waals surface area contributed by atoms with Crippen molar-refractivity contribution in [2.24, 2.45) is 10.1 Å². The Labute approximate surface area is 208 Å². The summed E-state index contributed by atoms with van der Waals surface area (Å²) in [5.74, 6) is -0.290. The van der Waals surface area contributed by atoms with E-state index in [1.165, 1.54) is 12.1 Å². The first-order chi connectivity index (χ1) is 17.3. The molecule has 3 aromatic carbocycles. The van der Waals surface area contributed by atoms with Gasteiger partial charge in [0.2, 0.25) is 5.84 Å². The van der Waals surface area contributed by atoms with Gasteiger partial charge in [-0.3, -0.25) is 14.6 Å². The zero-order valence-electron chi connectivity index (χ0n) is 20.3. The topological polar surface area (TPSA) is 95.8 Å². The SMILES string of the molecule is COCc1cc(C2=NC(c3cccc(CN(C)CC(=O)O)c3)=NON2)ccc1-c1ccc(F)cc1C. The number of carbonyl (C=O) groups is 1. The Kier molecular flexibility index (Phi) is 7.72. The lowest BCUT2D eigenvalue weighted by Gasteiger charge is -2.17. The molecule has 2 N–H and O–H groups in total. The Morgan fingerprint density at radius 3 is 2.67 bits per heavy atom. The van der Waals surface area contributed by atoms with E-state index in [0.717, 1.165) is 38.9 Å². The second-order valence-corrected chi connectivity index (χ2v) is 8.60. The first kappa shape index (κ1) is 25.0. The molecule has 1 aliphatic heterocycles. The molecular weight excluding hydrogens is 463 g/mol. The molecule has 0 saturated heterocycles. The number of hydrogen-bond donors (Lipinski definition) is 2. The van der Waals surface area contributed by atoms with Gasteiger partial charge in [-0.05, 0) is 71.2 Å². The van der Waals surface area contributed by atoms with Crippen LogP contribution in [0.15, 0.2) is 70.8 Å². The summed E-state index contributed by atoms with van der Waals surface area (Å²) in [5, 5.41) is 13.0. The number of aliphatic imine (C=N–C) groups is 1. The van der Waals surface area contributed by atoms with E-state index in [1.54, 1.807) is 25.1 Å². The highest BCUT2D eigenvalue weighted by Crippen LogP contribution is 2.29. The number of oxime groups is 1. The number of rotatable bonds is 9. The quantitative estimate of drug-likeness (QED) is 0.469. The Balaban J connectivity index is 1.62. The number of hydroxylamine groups is 1. The number of nitrogens with zero attached hydrogens (tertiary/aromatic N) is 3. The maximum atomic E-state index is 13.6. The maximum absolute atomic E-state index is 13.6. The standard InChI is InChI=1S/C27H27FN4O4/c1-17-11-22(28)8-10-23(17)24-9-7-20(13-21(24)16-35-3)27-29-26(30-36-31-27)19-6-4-5-18(12-19)14-32(2)15-25(33)34/h4-13H,14-16H2,1-3H3,(H,33,34)(H,29,30,31). The van der Waals surface area contributed by atoms with Crippen LogP contribution in [0.2, 0.25) is 0 Å². The van der Waals surface area contributed by atoms with Crippen LogP contribution in [0.3, 0.4) is 0 Å². The zero-order chi connectivity index (χ0) is 25.7. The van der Waals surface area contributed by atoms with E-state index in [1.807, 2.05) is 49.4 Å². The van der Waals surface area contributed by atoms with Gasteiger partial charge >= 0.3 is 5.97 Å². The molecule has 8 nitrogen and oxygen atoms in total. The summed E-state index contributed by atoms with van der Waals surface area (Å²) in [4.78, 5) is 22.6. The van der Waals surface area contributed by atoms with Crippen molar-refractivity contribution in [1.82, 2.24) is 10.4 Å². The second kappa shape index (κ2) is 11.1. The number of halogens is 1. The first-order valence-corrected chi connectivity index (χ1v) is 11.3. The van der Waals surface area contributed by atoms with Crippen molar-refractivity contribution in [2.45, 2.75) is 20.1 Å². The van der Waals surface area contributed by atoms with Crippen LogP contribution >= 0.6 is 0 Å². The number of carboxylic acid groups (broad SMARTS) is 1. The van der Waals surface area contributed by atoms with Crippen LogP contribution in [0, 0.1) is 12.7 Å². The number of carboxylic acids is 1. The number of amidine groups is 2. The van der Waals surface area contributed by atoms with E-state index in [9.17, 15) is 9.18 Å². The van der Waals surface area contributed by atoms with E-state index >= 15 is 0 Å². The Hall–Kier alpha value is -4.08. The van der Waals surface area contributed by atoms with Gasteiger partial charge in [-0.1, -0.05) is 36.4 Å². The van der Waals surface area contributed by atoms with Crippen molar-refractivity contribution >= 4 is 17.6 Å². The molecule has 0 saturated carbocycles. The van der Waals surface area contributed by atoms with Crippen molar-refractivity contribution in [2.75, 3.05) is 20.7 Å². The molecule has 0 bridgehead atoms. The lowest BCUT2D eigenvalue weighted by atomic mass is 9.94. The molecule has 0 unspecified atom stereocenters. The lowest BCUT2D eigenvalue weighted by Crippen LogP contribution is -2.29. The highest BCUT2D eigenvalue weighted by molar-refractivity contribution is 6.12. The largest absolute Gasteiger partial charge is 0.480 e. The predicted molar refractivity (Wildman–Crippen MR) is 135 cm³/mol. The third-order valence-corrected chi connectivity index (χ3v) is 5.69. The normalized spacial score (nSPS) is 13.0. The lowest BCUT2D eigenvalue weighted by molar-refractivity contribution is -0.138. The molecule has 0 fully saturated rings. The summed E-state index contributed by atoms with van der Waals surface area (Å²) < 4.78 is 19.1. The fraction of sp³-hybridized carbons (Fsp3) is 0.222. The molecule has 3 aromatic rings. The van der Waals surface area contributed by atoms with Crippen LogP contribution in [0.5, 0.6) is 0 Å². The smallest absolute Gasteiger partial charge is 0.317 e. The maximum Gasteiger partial charge on any atom is 0.317 e. The number of aliphatic carboxylic acids is 1. The molecule has 0 aromatic heterocycles. The molecule has 0 amide bonds. The van der Waals surface area contributed by atoms with Gasteiger partial charge in [0.15, 0.2) is 5.84 Å². The molecule has 1 heterocycles. The van der Waals surface area contributed by atoms with Gasteiger partial charge < -0.3 is 9.84 Å². The molecule has 1 aliphatic rings. The van der Waals surface area contributed by atoms with E-state index in [-0.39, 0.29) is 12.4 Å². The molecule has 0 atom stereocenters. The minimum absolute atomic E-state index is 0.0578. The summed E-state index contributed by atoms with van der Waals surface area (Å²) in [6.07, 6.45) is 0. The van der Waals surface area contributed by atoms with Crippen LogP contribution < -0.4 is 5.48 Å². The van der Waals surface area contributed by atoms with E-state index in [4.69, 9.17) is 14.8 Å². The summed E-state index contributed by atoms with van der Waals surface area (Å²) in [5.41, 5.74) is 8.82. The molecule has 186 valence electrons. The van der Waals surface area contributed by atoms with E-state index < -0.39 is 5.97 Å². The molecular formula is C27H27FN4O4. The average molecular weight is 491 g/mol. The van der Waals surface area contributed by atoms with Gasteiger partial charge in [-0.15, -0.1) is 0 Å². The molecule has 36 heavy (non-hydrogen) atoms. The fourth-order valence-electron chi connectivity index (χ4n) is 4.11. The van der Waals surface area contributed by atoms with Crippen molar-refractivity contribution < 1.29 is 24.0 Å². The van der Waals surface area contributed by atoms with Crippen LogP contribution in [-0.4, -0.2) is 48.3 Å². The minimum atomic E-state index is -0.882. The van der Waals surface area contributed by atoms with Crippen LogP contribution in [0.25, 0.3) is 11.1 Å². The number of likely N-dealkylation sites (N-methyl/N-ethyl adjacent to an activating group) is 1. The van der Waals surface area contributed by atoms with Gasteiger partial charge in [0, 0.05) is 24.8 Å².